The number of hydrogen-bond donors (Lipinski definition) is 1. The molecule has 19 heavy (non-hydrogen) atoms. The Balaban J connectivity index is 2.18. The molecule has 0 spiro atoms. The molecule has 0 bridgehead atoms. The predicted octanol–water partition coefficient (Wildman–Crippen LogP) is 2.63. The van der Waals surface area contributed by atoms with Gasteiger partial charge in [0.15, 0.2) is 0 Å². The Labute approximate surface area is 116 Å². The van der Waals surface area contributed by atoms with Gasteiger partial charge in [-0.2, -0.15) is 0 Å². The Bertz CT molecular complexity index is 436. The van der Waals surface area contributed by atoms with E-state index >= 15 is 0 Å². The topological polar surface area (TPSA) is 32.3 Å². The second-order valence-electron chi connectivity index (χ2n) is 5.64. The van der Waals surface area contributed by atoms with E-state index < -0.39 is 0 Å². The van der Waals surface area contributed by atoms with Crippen LogP contribution in [0.15, 0.2) is 24.3 Å². The first-order chi connectivity index (χ1) is 9.11. The zero-order chi connectivity index (χ0) is 13.8. The third-order valence-corrected chi connectivity index (χ3v) is 3.99. The van der Waals surface area contributed by atoms with E-state index in [1.807, 2.05) is 30.1 Å². The van der Waals surface area contributed by atoms with Gasteiger partial charge in [-0.3, -0.25) is 4.79 Å². The van der Waals surface area contributed by atoms with Crippen LogP contribution < -0.4 is 5.32 Å². The molecule has 0 radical (unpaired) electrons. The van der Waals surface area contributed by atoms with Gasteiger partial charge in [0.05, 0.1) is 0 Å². The van der Waals surface area contributed by atoms with E-state index in [1.54, 1.807) is 0 Å². The van der Waals surface area contributed by atoms with E-state index in [9.17, 15) is 4.79 Å². The number of piperidine rings is 1. The minimum absolute atomic E-state index is 0.163. The molecular formula is C16H24N2O. The van der Waals surface area contributed by atoms with Gasteiger partial charge >= 0.3 is 0 Å². The molecule has 1 aromatic carbocycles. The van der Waals surface area contributed by atoms with Crippen molar-refractivity contribution in [1.29, 1.82) is 0 Å². The van der Waals surface area contributed by atoms with E-state index in [0.29, 0.717) is 12.0 Å². The summed E-state index contributed by atoms with van der Waals surface area (Å²) in [4.78, 5) is 14.6. The predicted molar refractivity (Wildman–Crippen MR) is 78.5 cm³/mol. The highest BCUT2D eigenvalue weighted by Gasteiger charge is 2.24. The van der Waals surface area contributed by atoms with Crippen molar-refractivity contribution in [2.24, 2.45) is 0 Å². The molecule has 1 N–H and O–H groups in total. The van der Waals surface area contributed by atoms with Crippen LogP contribution in [0.5, 0.6) is 0 Å². The van der Waals surface area contributed by atoms with Gasteiger partial charge in [-0.05, 0) is 43.5 Å². The summed E-state index contributed by atoms with van der Waals surface area (Å²) >= 11 is 0. The van der Waals surface area contributed by atoms with Crippen molar-refractivity contribution in [3.8, 4) is 0 Å². The number of rotatable bonds is 3. The smallest absolute Gasteiger partial charge is 0.254 e. The number of amides is 1. The monoisotopic (exact) mass is 260 g/mol. The maximum Gasteiger partial charge on any atom is 0.254 e. The molecule has 1 heterocycles. The first-order valence-electron chi connectivity index (χ1n) is 7.18. The standard InChI is InChI=1S/C16H24N2O/c1-12(2)14-6-4-5-7-15(14)16(19)18(3)13-8-10-17-11-9-13/h4-7,12-13,17H,8-11H2,1-3H3. The number of nitrogens with one attached hydrogen (secondary N) is 1. The number of carbonyl (C=O) groups is 1. The van der Waals surface area contributed by atoms with Crippen LogP contribution in [-0.2, 0) is 0 Å². The molecule has 1 aliphatic rings. The van der Waals surface area contributed by atoms with E-state index in [-0.39, 0.29) is 5.91 Å². The minimum atomic E-state index is 0.163. The molecule has 0 unspecified atom stereocenters. The minimum Gasteiger partial charge on any atom is -0.339 e. The summed E-state index contributed by atoms with van der Waals surface area (Å²) in [6, 6.07) is 8.35. The lowest BCUT2D eigenvalue weighted by atomic mass is 9.95. The van der Waals surface area contributed by atoms with Crippen LogP contribution in [0.4, 0.5) is 0 Å². The van der Waals surface area contributed by atoms with Gasteiger partial charge in [-0.25, -0.2) is 0 Å². The molecule has 104 valence electrons. The van der Waals surface area contributed by atoms with Crippen molar-refractivity contribution in [1.82, 2.24) is 10.2 Å². The molecule has 1 amide bonds. The van der Waals surface area contributed by atoms with Crippen LogP contribution in [0, 0.1) is 0 Å². The quantitative estimate of drug-likeness (QED) is 0.906. The number of nitrogens with zero attached hydrogens (tertiary/aromatic N) is 1. The maximum absolute atomic E-state index is 12.7. The molecule has 1 saturated heterocycles. The number of hydrogen-bond acceptors (Lipinski definition) is 2. The van der Waals surface area contributed by atoms with Gasteiger partial charge in [-0.1, -0.05) is 32.0 Å². The summed E-state index contributed by atoms with van der Waals surface area (Å²) in [5.74, 6) is 0.540. The summed E-state index contributed by atoms with van der Waals surface area (Å²) in [5.41, 5.74) is 2.01. The SMILES string of the molecule is CC(C)c1ccccc1C(=O)N(C)C1CCNCC1. The number of benzene rings is 1. The van der Waals surface area contributed by atoms with Gasteiger partial charge in [0.1, 0.15) is 0 Å². The van der Waals surface area contributed by atoms with Gasteiger partial charge in [0.2, 0.25) is 0 Å². The fourth-order valence-corrected chi connectivity index (χ4v) is 2.75. The molecule has 1 aliphatic heterocycles. The van der Waals surface area contributed by atoms with Gasteiger partial charge in [-0.15, -0.1) is 0 Å². The molecule has 0 atom stereocenters. The molecular weight excluding hydrogens is 236 g/mol. The lowest BCUT2D eigenvalue weighted by molar-refractivity contribution is 0.0701. The van der Waals surface area contributed by atoms with Gasteiger partial charge in [0.25, 0.3) is 5.91 Å². The van der Waals surface area contributed by atoms with Crippen molar-refractivity contribution in [3.63, 3.8) is 0 Å². The number of carbonyl (C=O) groups excluding carboxylic acids is 1. The first kappa shape index (κ1) is 14.1. The summed E-state index contributed by atoms with van der Waals surface area (Å²) in [6.45, 7) is 6.29. The molecule has 0 saturated carbocycles. The molecule has 2 rings (SSSR count). The zero-order valence-corrected chi connectivity index (χ0v) is 12.1. The third kappa shape index (κ3) is 3.16. The molecule has 3 heteroatoms. The highest BCUT2D eigenvalue weighted by molar-refractivity contribution is 5.96. The Kier molecular flexibility index (Phi) is 4.59. The maximum atomic E-state index is 12.7. The first-order valence-corrected chi connectivity index (χ1v) is 7.18. The Morgan fingerprint density at radius 3 is 2.53 bits per heavy atom. The lowest BCUT2D eigenvalue weighted by Crippen LogP contribution is -2.44. The average molecular weight is 260 g/mol. The van der Waals surface area contributed by atoms with E-state index in [4.69, 9.17) is 0 Å². The third-order valence-electron chi connectivity index (χ3n) is 3.99. The second-order valence-corrected chi connectivity index (χ2v) is 5.64. The summed E-state index contributed by atoms with van der Waals surface area (Å²) in [5, 5.41) is 3.34. The van der Waals surface area contributed by atoms with E-state index in [0.717, 1.165) is 37.1 Å². The molecule has 1 aromatic rings. The van der Waals surface area contributed by atoms with Crippen molar-refractivity contribution in [3.05, 3.63) is 35.4 Å². The molecule has 0 aromatic heterocycles. The van der Waals surface area contributed by atoms with Crippen molar-refractivity contribution >= 4 is 5.91 Å². The Hall–Kier alpha value is -1.35. The fourth-order valence-electron chi connectivity index (χ4n) is 2.75. The molecule has 0 aliphatic carbocycles. The van der Waals surface area contributed by atoms with Crippen LogP contribution in [0.1, 0.15) is 48.5 Å². The van der Waals surface area contributed by atoms with Crippen LogP contribution in [0.25, 0.3) is 0 Å². The van der Waals surface area contributed by atoms with Gasteiger partial charge < -0.3 is 10.2 Å². The normalized spacial score (nSPS) is 16.6. The van der Waals surface area contributed by atoms with Crippen LogP contribution >= 0.6 is 0 Å². The van der Waals surface area contributed by atoms with Crippen molar-refractivity contribution in [2.45, 2.75) is 38.6 Å². The largest absolute Gasteiger partial charge is 0.339 e. The summed E-state index contributed by atoms with van der Waals surface area (Å²) < 4.78 is 0. The fraction of sp³-hybridized carbons (Fsp3) is 0.562. The van der Waals surface area contributed by atoms with Crippen molar-refractivity contribution < 1.29 is 4.79 Å². The average Bonchev–Trinajstić information content (AvgIpc) is 2.46. The zero-order valence-electron chi connectivity index (χ0n) is 12.1. The molecule has 3 nitrogen and oxygen atoms in total. The lowest BCUT2D eigenvalue weighted by Gasteiger charge is -2.32. The summed E-state index contributed by atoms with van der Waals surface area (Å²) in [7, 11) is 1.94. The highest BCUT2D eigenvalue weighted by Crippen LogP contribution is 2.22. The van der Waals surface area contributed by atoms with Crippen molar-refractivity contribution in [2.75, 3.05) is 20.1 Å². The van der Waals surface area contributed by atoms with Crippen LogP contribution in [0.2, 0.25) is 0 Å². The summed E-state index contributed by atoms with van der Waals surface area (Å²) in [6.07, 6.45) is 2.10. The van der Waals surface area contributed by atoms with Crippen LogP contribution in [0.3, 0.4) is 0 Å². The van der Waals surface area contributed by atoms with E-state index in [2.05, 4.69) is 25.2 Å². The van der Waals surface area contributed by atoms with Crippen LogP contribution in [-0.4, -0.2) is 37.0 Å². The van der Waals surface area contributed by atoms with E-state index in [1.165, 1.54) is 0 Å². The van der Waals surface area contributed by atoms with Gasteiger partial charge in [0, 0.05) is 18.7 Å². The second kappa shape index (κ2) is 6.20. The Morgan fingerprint density at radius 2 is 1.89 bits per heavy atom. The Morgan fingerprint density at radius 1 is 1.26 bits per heavy atom. The highest BCUT2D eigenvalue weighted by atomic mass is 16.2. The molecule has 1 fully saturated rings.